The predicted molar refractivity (Wildman–Crippen MR) is 97.2 cm³/mol. The summed E-state index contributed by atoms with van der Waals surface area (Å²) in [6, 6.07) is 21.2. The molecule has 2 aromatic heterocycles. The second kappa shape index (κ2) is 6.22. The SMILES string of the molecule is O=C(Nc1nc2ncc(-c3ccccc3)cc2s1)c1ccccc1. The Morgan fingerprint density at radius 1 is 0.917 bits per heavy atom. The fourth-order valence-electron chi connectivity index (χ4n) is 2.42. The van der Waals surface area contributed by atoms with Crippen molar-refractivity contribution in [2.45, 2.75) is 0 Å². The van der Waals surface area contributed by atoms with Gasteiger partial charge in [-0.15, -0.1) is 0 Å². The van der Waals surface area contributed by atoms with Crippen molar-refractivity contribution < 1.29 is 4.79 Å². The van der Waals surface area contributed by atoms with Crippen LogP contribution in [0.25, 0.3) is 21.5 Å². The van der Waals surface area contributed by atoms with E-state index in [9.17, 15) is 4.79 Å². The predicted octanol–water partition coefficient (Wildman–Crippen LogP) is 4.61. The summed E-state index contributed by atoms with van der Waals surface area (Å²) < 4.78 is 0.944. The minimum absolute atomic E-state index is 0.169. The highest BCUT2D eigenvalue weighted by molar-refractivity contribution is 7.22. The third-order valence-electron chi connectivity index (χ3n) is 3.61. The lowest BCUT2D eigenvalue weighted by Gasteiger charge is -2.00. The van der Waals surface area contributed by atoms with E-state index in [1.165, 1.54) is 11.3 Å². The molecule has 4 aromatic rings. The molecule has 2 aromatic carbocycles. The van der Waals surface area contributed by atoms with Gasteiger partial charge in [-0.3, -0.25) is 10.1 Å². The maximum absolute atomic E-state index is 12.2. The zero-order chi connectivity index (χ0) is 16.4. The number of hydrogen-bond donors (Lipinski definition) is 1. The molecule has 0 atom stereocenters. The van der Waals surface area contributed by atoms with Crippen molar-refractivity contribution in [1.29, 1.82) is 0 Å². The van der Waals surface area contributed by atoms with Crippen LogP contribution in [0, 0.1) is 0 Å². The maximum Gasteiger partial charge on any atom is 0.257 e. The van der Waals surface area contributed by atoms with Gasteiger partial charge < -0.3 is 0 Å². The van der Waals surface area contributed by atoms with Crippen molar-refractivity contribution in [1.82, 2.24) is 9.97 Å². The van der Waals surface area contributed by atoms with Crippen LogP contribution in [-0.4, -0.2) is 15.9 Å². The van der Waals surface area contributed by atoms with Gasteiger partial charge in [-0.1, -0.05) is 59.9 Å². The fraction of sp³-hybridized carbons (Fsp3) is 0. The van der Waals surface area contributed by atoms with Crippen LogP contribution in [0.15, 0.2) is 72.9 Å². The molecule has 1 amide bonds. The first-order valence-corrected chi connectivity index (χ1v) is 8.30. The maximum atomic E-state index is 12.2. The van der Waals surface area contributed by atoms with Crippen LogP contribution in [0.2, 0.25) is 0 Å². The standard InChI is InChI=1S/C19H13N3OS/c23-18(14-9-5-2-6-10-14)22-19-21-17-16(24-19)11-15(12-20-17)13-7-3-1-4-8-13/h1-12H,(H,20,21,22,23). The Morgan fingerprint density at radius 2 is 1.62 bits per heavy atom. The minimum Gasteiger partial charge on any atom is -0.298 e. The first kappa shape index (κ1) is 14.5. The van der Waals surface area contributed by atoms with E-state index >= 15 is 0 Å². The number of carbonyl (C=O) groups is 1. The molecule has 24 heavy (non-hydrogen) atoms. The molecule has 0 aliphatic carbocycles. The summed E-state index contributed by atoms with van der Waals surface area (Å²) >= 11 is 1.42. The summed E-state index contributed by atoms with van der Waals surface area (Å²) in [5.74, 6) is -0.169. The lowest BCUT2D eigenvalue weighted by Crippen LogP contribution is -2.11. The Kier molecular flexibility index (Phi) is 3.76. The molecule has 0 spiro atoms. The van der Waals surface area contributed by atoms with Gasteiger partial charge in [0.15, 0.2) is 10.8 Å². The van der Waals surface area contributed by atoms with E-state index in [1.807, 2.05) is 54.6 Å². The number of rotatable bonds is 3. The third kappa shape index (κ3) is 2.89. The van der Waals surface area contributed by atoms with Crippen LogP contribution >= 0.6 is 11.3 Å². The highest BCUT2D eigenvalue weighted by Gasteiger charge is 2.11. The van der Waals surface area contributed by atoms with E-state index in [1.54, 1.807) is 18.3 Å². The van der Waals surface area contributed by atoms with Crippen molar-refractivity contribution in [3.8, 4) is 11.1 Å². The molecular formula is C19H13N3OS. The second-order valence-corrected chi connectivity index (χ2v) is 6.28. The van der Waals surface area contributed by atoms with E-state index in [2.05, 4.69) is 15.3 Å². The van der Waals surface area contributed by atoms with E-state index in [0.717, 1.165) is 15.8 Å². The van der Waals surface area contributed by atoms with Crippen molar-refractivity contribution in [3.63, 3.8) is 0 Å². The quantitative estimate of drug-likeness (QED) is 0.596. The van der Waals surface area contributed by atoms with Crippen molar-refractivity contribution in [3.05, 3.63) is 78.5 Å². The zero-order valence-corrected chi connectivity index (χ0v) is 13.5. The molecule has 0 unspecified atom stereocenters. The highest BCUT2D eigenvalue weighted by Crippen LogP contribution is 2.29. The van der Waals surface area contributed by atoms with Gasteiger partial charge in [0.1, 0.15) is 0 Å². The molecular weight excluding hydrogens is 318 g/mol. The topological polar surface area (TPSA) is 54.9 Å². The highest BCUT2D eigenvalue weighted by atomic mass is 32.1. The summed E-state index contributed by atoms with van der Waals surface area (Å²) in [6.45, 7) is 0. The largest absolute Gasteiger partial charge is 0.298 e. The zero-order valence-electron chi connectivity index (χ0n) is 12.6. The lowest BCUT2D eigenvalue weighted by atomic mass is 10.1. The van der Waals surface area contributed by atoms with Gasteiger partial charge in [0.2, 0.25) is 0 Å². The monoisotopic (exact) mass is 331 g/mol. The number of fused-ring (bicyclic) bond motifs is 1. The van der Waals surface area contributed by atoms with Crippen LogP contribution in [0.4, 0.5) is 5.13 Å². The second-order valence-electron chi connectivity index (χ2n) is 5.25. The van der Waals surface area contributed by atoms with Gasteiger partial charge in [0, 0.05) is 17.3 Å². The van der Waals surface area contributed by atoms with Gasteiger partial charge >= 0.3 is 0 Å². The number of carbonyl (C=O) groups excluding carboxylic acids is 1. The number of hydrogen-bond acceptors (Lipinski definition) is 4. The normalized spacial score (nSPS) is 10.7. The molecule has 0 saturated carbocycles. The average molecular weight is 331 g/mol. The Balaban J connectivity index is 1.63. The van der Waals surface area contributed by atoms with E-state index in [-0.39, 0.29) is 5.91 Å². The molecule has 0 radical (unpaired) electrons. The first-order chi connectivity index (χ1) is 11.8. The number of nitrogens with one attached hydrogen (secondary N) is 1. The summed E-state index contributed by atoms with van der Waals surface area (Å²) in [6.07, 6.45) is 1.81. The van der Waals surface area contributed by atoms with Crippen LogP contribution in [0.5, 0.6) is 0 Å². The number of anilines is 1. The van der Waals surface area contributed by atoms with E-state index in [4.69, 9.17) is 0 Å². The molecule has 4 rings (SSSR count). The van der Waals surface area contributed by atoms with E-state index in [0.29, 0.717) is 16.3 Å². The number of thiazole rings is 1. The molecule has 0 aliphatic heterocycles. The third-order valence-corrected chi connectivity index (χ3v) is 4.52. The summed E-state index contributed by atoms with van der Waals surface area (Å²) in [7, 11) is 0. The summed E-state index contributed by atoms with van der Waals surface area (Å²) in [5, 5.41) is 3.39. The Morgan fingerprint density at radius 3 is 2.38 bits per heavy atom. The Hall–Kier alpha value is -3.05. The van der Waals surface area contributed by atoms with Crippen molar-refractivity contribution in [2.75, 3.05) is 5.32 Å². The molecule has 0 aliphatic rings. The van der Waals surface area contributed by atoms with Gasteiger partial charge in [-0.05, 0) is 23.8 Å². The number of aromatic nitrogens is 2. The first-order valence-electron chi connectivity index (χ1n) is 7.48. The van der Waals surface area contributed by atoms with Crippen LogP contribution in [0.3, 0.4) is 0 Å². The van der Waals surface area contributed by atoms with Gasteiger partial charge in [-0.25, -0.2) is 4.98 Å². The number of pyridine rings is 1. The molecule has 0 fully saturated rings. The summed E-state index contributed by atoms with van der Waals surface area (Å²) in [4.78, 5) is 21.0. The molecule has 4 nitrogen and oxygen atoms in total. The molecule has 116 valence electrons. The number of nitrogens with zero attached hydrogens (tertiary/aromatic N) is 2. The summed E-state index contributed by atoms with van der Waals surface area (Å²) in [5.41, 5.74) is 3.39. The average Bonchev–Trinajstić information content (AvgIpc) is 3.04. The molecule has 0 bridgehead atoms. The van der Waals surface area contributed by atoms with Crippen LogP contribution < -0.4 is 5.32 Å². The molecule has 5 heteroatoms. The smallest absolute Gasteiger partial charge is 0.257 e. The number of benzene rings is 2. The van der Waals surface area contributed by atoms with Gasteiger partial charge in [0.05, 0.1) is 4.70 Å². The van der Waals surface area contributed by atoms with Crippen molar-refractivity contribution >= 4 is 32.7 Å². The van der Waals surface area contributed by atoms with Gasteiger partial charge in [-0.2, -0.15) is 4.98 Å². The van der Waals surface area contributed by atoms with Crippen molar-refractivity contribution in [2.24, 2.45) is 0 Å². The minimum atomic E-state index is -0.169. The van der Waals surface area contributed by atoms with Gasteiger partial charge in [0.25, 0.3) is 5.91 Å². The molecule has 2 heterocycles. The van der Waals surface area contributed by atoms with E-state index < -0.39 is 0 Å². The molecule has 1 N–H and O–H groups in total. The Bertz CT molecular complexity index is 997. The Labute approximate surface area is 142 Å². The fourth-order valence-corrected chi connectivity index (χ4v) is 3.28. The molecule has 0 saturated heterocycles. The van der Waals surface area contributed by atoms with Crippen LogP contribution in [-0.2, 0) is 0 Å². The lowest BCUT2D eigenvalue weighted by molar-refractivity contribution is 0.102. The van der Waals surface area contributed by atoms with Crippen LogP contribution in [0.1, 0.15) is 10.4 Å². The number of amides is 1.